The Morgan fingerprint density at radius 2 is 1.05 bits per heavy atom. The quantitative estimate of drug-likeness (QED) is 0.340. The average molecular weight is 395 g/mol. The molecule has 0 bridgehead atoms. The van der Waals surface area contributed by atoms with Crippen LogP contribution in [-0.4, -0.2) is 0 Å². The van der Waals surface area contributed by atoms with E-state index in [0.717, 1.165) is 0 Å². The molecule has 2 rings (SSSR count). The summed E-state index contributed by atoms with van der Waals surface area (Å²) in [6.45, 7) is 0. The van der Waals surface area contributed by atoms with E-state index in [1.807, 2.05) is 0 Å². The third kappa shape index (κ3) is 2.91. The molecule has 0 amide bonds. The summed E-state index contributed by atoms with van der Waals surface area (Å²) in [4.78, 5) is 0. The fraction of sp³-hybridized carbons (Fsp3) is 0. The van der Waals surface area contributed by atoms with Crippen LogP contribution >= 0.6 is 81.2 Å². The highest BCUT2D eigenvalue weighted by atomic mass is 35.5. The number of halogens is 7. The number of rotatable bonds is 1. The molecular formula is C12H3Cl7. The number of hydrogen-bond acceptors (Lipinski definition) is 0. The maximum absolute atomic E-state index is 6.17. The van der Waals surface area contributed by atoms with Gasteiger partial charge in [0.1, 0.15) is 0 Å². The highest BCUT2D eigenvalue weighted by Gasteiger charge is 2.21. The zero-order chi connectivity index (χ0) is 14.3. The third-order valence-electron chi connectivity index (χ3n) is 2.41. The van der Waals surface area contributed by atoms with Gasteiger partial charge < -0.3 is 0 Å². The summed E-state index contributed by atoms with van der Waals surface area (Å²) in [5.74, 6) is 0. The van der Waals surface area contributed by atoms with Gasteiger partial charge in [-0.3, -0.25) is 0 Å². The molecule has 0 saturated heterocycles. The summed E-state index contributed by atoms with van der Waals surface area (Å²) in [5, 5.41) is 1.60. The van der Waals surface area contributed by atoms with Crippen molar-refractivity contribution in [3.05, 3.63) is 53.4 Å². The Morgan fingerprint density at radius 3 is 1.53 bits per heavy atom. The van der Waals surface area contributed by atoms with Crippen molar-refractivity contribution in [2.45, 2.75) is 0 Å². The molecule has 0 saturated carbocycles. The van der Waals surface area contributed by atoms with Crippen LogP contribution in [0.5, 0.6) is 0 Å². The maximum atomic E-state index is 6.17. The van der Waals surface area contributed by atoms with E-state index in [1.165, 1.54) is 0 Å². The van der Waals surface area contributed by atoms with Crippen molar-refractivity contribution >= 4 is 81.2 Å². The summed E-state index contributed by atoms with van der Waals surface area (Å²) < 4.78 is 0. The first-order chi connectivity index (χ1) is 8.84. The molecule has 0 heterocycles. The van der Waals surface area contributed by atoms with E-state index in [1.54, 1.807) is 18.2 Å². The fourth-order valence-electron chi connectivity index (χ4n) is 1.53. The van der Waals surface area contributed by atoms with Crippen molar-refractivity contribution < 1.29 is 0 Å². The normalized spacial score (nSPS) is 10.9. The van der Waals surface area contributed by atoms with Gasteiger partial charge in [-0.1, -0.05) is 87.3 Å². The Balaban J connectivity index is 2.83. The lowest BCUT2D eigenvalue weighted by Gasteiger charge is -2.14. The van der Waals surface area contributed by atoms with E-state index in [9.17, 15) is 0 Å². The van der Waals surface area contributed by atoms with Crippen molar-refractivity contribution in [3.8, 4) is 11.1 Å². The van der Waals surface area contributed by atoms with Crippen LogP contribution in [0.25, 0.3) is 11.1 Å². The predicted molar refractivity (Wildman–Crippen MR) is 86.9 cm³/mol. The van der Waals surface area contributed by atoms with Gasteiger partial charge in [-0.25, -0.2) is 0 Å². The Kier molecular flexibility index (Phi) is 5.07. The van der Waals surface area contributed by atoms with Gasteiger partial charge >= 0.3 is 0 Å². The molecule has 0 radical (unpaired) electrons. The highest BCUT2D eigenvalue weighted by Crippen LogP contribution is 2.49. The summed E-state index contributed by atoms with van der Waals surface area (Å²) in [6, 6.07) is 4.91. The van der Waals surface area contributed by atoms with Crippen molar-refractivity contribution in [2.75, 3.05) is 0 Å². The second-order valence-electron chi connectivity index (χ2n) is 3.57. The van der Waals surface area contributed by atoms with Crippen LogP contribution in [0, 0.1) is 0 Å². The van der Waals surface area contributed by atoms with Crippen LogP contribution in [-0.2, 0) is 0 Å². The van der Waals surface area contributed by atoms with E-state index in [0.29, 0.717) is 21.2 Å². The topological polar surface area (TPSA) is 0 Å². The van der Waals surface area contributed by atoms with E-state index in [2.05, 4.69) is 0 Å². The van der Waals surface area contributed by atoms with Crippen LogP contribution < -0.4 is 0 Å². The monoisotopic (exact) mass is 392 g/mol. The van der Waals surface area contributed by atoms with Crippen LogP contribution in [0.1, 0.15) is 0 Å². The molecule has 100 valence electrons. The maximum Gasteiger partial charge on any atom is 0.0809 e. The van der Waals surface area contributed by atoms with Gasteiger partial charge in [0, 0.05) is 21.2 Å². The molecule has 0 aliphatic carbocycles. The molecule has 0 aliphatic heterocycles. The molecule has 7 heteroatoms. The molecule has 0 aromatic heterocycles. The lowest BCUT2D eigenvalue weighted by atomic mass is 10.1. The first-order valence-corrected chi connectivity index (χ1v) is 7.46. The van der Waals surface area contributed by atoms with E-state index >= 15 is 0 Å². The fourth-order valence-corrected chi connectivity index (χ4v) is 3.38. The molecule has 0 atom stereocenters. The van der Waals surface area contributed by atoms with Crippen molar-refractivity contribution in [3.63, 3.8) is 0 Å². The second kappa shape index (κ2) is 6.07. The molecule has 0 spiro atoms. The summed E-state index contributed by atoms with van der Waals surface area (Å²) in [5.41, 5.74) is 0.992. The number of hydrogen-bond donors (Lipinski definition) is 0. The van der Waals surface area contributed by atoms with Gasteiger partial charge in [-0.15, -0.1) is 0 Å². The highest BCUT2D eigenvalue weighted by molar-refractivity contribution is 6.56. The zero-order valence-corrected chi connectivity index (χ0v) is 14.2. The summed E-state index contributed by atoms with van der Waals surface area (Å²) in [6.07, 6.45) is 0. The minimum Gasteiger partial charge on any atom is -0.0843 e. The molecule has 2 aromatic carbocycles. The molecule has 0 aliphatic rings. The van der Waals surface area contributed by atoms with Crippen LogP contribution in [0.15, 0.2) is 18.2 Å². The lowest BCUT2D eigenvalue weighted by molar-refractivity contribution is 1.61. The largest absolute Gasteiger partial charge is 0.0843 e. The van der Waals surface area contributed by atoms with Crippen LogP contribution in [0.2, 0.25) is 35.2 Å². The standard InChI is InChI=1S/C12H3Cl7/c13-4-1-2-5(6(14)3-4)7-8(15)10(17)12(19)11(18)9(7)16/h1-3H. The first-order valence-electron chi connectivity index (χ1n) is 4.81. The van der Waals surface area contributed by atoms with Gasteiger partial charge in [0.05, 0.1) is 25.1 Å². The first kappa shape index (κ1) is 15.9. The van der Waals surface area contributed by atoms with Crippen LogP contribution in [0.4, 0.5) is 0 Å². The van der Waals surface area contributed by atoms with Gasteiger partial charge in [-0.2, -0.15) is 0 Å². The summed E-state index contributed by atoms with van der Waals surface area (Å²) in [7, 11) is 0. The molecule has 0 nitrogen and oxygen atoms in total. The van der Waals surface area contributed by atoms with Gasteiger partial charge in [0.15, 0.2) is 0 Å². The molecule has 2 aromatic rings. The SMILES string of the molecule is Clc1ccc(-c2c(Cl)c(Cl)c(Cl)c(Cl)c2Cl)c(Cl)c1. The molecule has 19 heavy (non-hydrogen) atoms. The van der Waals surface area contributed by atoms with Gasteiger partial charge in [0.2, 0.25) is 0 Å². The van der Waals surface area contributed by atoms with Crippen molar-refractivity contribution in [1.82, 2.24) is 0 Å². The minimum absolute atomic E-state index is 0.104. The molecule has 0 fully saturated rings. The predicted octanol–water partition coefficient (Wildman–Crippen LogP) is 7.93. The van der Waals surface area contributed by atoms with E-state index in [4.69, 9.17) is 81.2 Å². The summed E-state index contributed by atoms with van der Waals surface area (Å²) >= 11 is 42.3. The third-order valence-corrected chi connectivity index (χ3v) is 5.23. The second-order valence-corrected chi connectivity index (χ2v) is 6.30. The average Bonchev–Trinajstić information content (AvgIpc) is 2.37. The Bertz CT molecular complexity index is 635. The zero-order valence-electron chi connectivity index (χ0n) is 8.88. The van der Waals surface area contributed by atoms with Crippen LogP contribution in [0.3, 0.4) is 0 Å². The number of benzene rings is 2. The van der Waals surface area contributed by atoms with Gasteiger partial charge in [0.25, 0.3) is 0 Å². The Morgan fingerprint density at radius 1 is 0.579 bits per heavy atom. The Hall–Kier alpha value is 0.470. The smallest absolute Gasteiger partial charge is 0.0809 e. The van der Waals surface area contributed by atoms with Gasteiger partial charge in [-0.05, 0) is 12.1 Å². The Labute approximate surface area is 145 Å². The lowest BCUT2D eigenvalue weighted by Crippen LogP contribution is -1.88. The van der Waals surface area contributed by atoms with Crippen molar-refractivity contribution in [2.24, 2.45) is 0 Å². The molecule has 0 unspecified atom stereocenters. The molecular weight excluding hydrogens is 392 g/mol. The van der Waals surface area contributed by atoms with Crippen molar-refractivity contribution in [1.29, 1.82) is 0 Å². The molecule has 0 N–H and O–H groups in total. The van der Waals surface area contributed by atoms with E-state index in [-0.39, 0.29) is 25.1 Å². The van der Waals surface area contributed by atoms with E-state index < -0.39 is 0 Å². The minimum atomic E-state index is 0.104.